The highest BCUT2D eigenvalue weighted by atomic mass is 35.5. The fourth-order valence-electron chi connectivity index (χ4n) is 5.79. The number of aromatic nitrogens is 2. The predicted molar refractivity (Wildman–Crippen MR) is 96.0 cm³/mol. The van der Waals surface area contributed by atoms with Crippen molar-refractivity contribution in [2.24, 2.45) is 17.8 Å². The third-order valence-corrected chi connectivity index (χ3v) is 6.75. The van der Waals surface area contributed by atoms with Crippen molar-refractivity contribution in [2.75, 3.05) is 36.5 Å². The minimum Gasteiger partial charge on any atom is -0.390 e. The Morgan fingerprint density at radius 3 is 2.56 bits per heavy atom. The van der Waals surface area contributed by atoms with E-state index in [1.165, 1.54) is 12.8 Å². The van der Waals surface area contributed by atoms with Crippen molar-refractivity contribution in [3.05, 3.63) is 11.2 Å². The summed E-state index contributed by atoms with van der Waals surface area (Å²) in [6.07, 6.45) is 5.26. The van der Waals surface area contributed by atoms with E-state index in [9.17, 15) is 5.11 Å². The molecule has 6 nitrogen and oxygen atoms in total. The quantitative estimate of drug-likeness (QED) is 0.802. The molecule has 2 unspecified atom stereocenters. The lowest BCUT2D eigenvalue weighted by Crippen LogP contribution is -2.59. The van der Waals surface area contributed by atoms with E-state index >= 15 is 0 Å². The van der Waals surface area contributed by atoms with Gasteiger partial charge in [-0.15, -0.1) is 0 Å². The predicted octanol–water partition coefficient (Wildman–Crippen LogP) is 2.32. The van der Waals surface area contributed by atoms with Crippen LogP contribution in [0.1, 0.15) is 32.1 Å². The van der Waals surface area contributed by atoms with Crippen molar-refractivity contribution in [1.29, 1.82) is 0 Å². The Balaban J connectivity index is 1.36. The van der Waals surface area contributed by atoms with Crippen molar-refractivity contribution in [1.82, 2.24) is 9.97 Å². The highest BCUT2D eigenvalue weighted by molar-refractivity contribution is 6.29. The number of morpholine rings is 1. The molecule has 5 aliphatic rings. The standard InChI is InChI=1S/C18H25ClN4O2/c19-14-7-15(23-1-3-25-4-2-23)21-17(20-14)22-16-12-5-11-6-13(16)10-18(24,8-11)9-12/h7,11-13,16,24H,1-6,8-10H2,(H,20,21,22). The zero-order chi connectivity index (χ0) is 17.0. The van der Waals surface area contributed by atoms with Crippen molar-refractivity contribution >= 4 is 23.4 Å². The molecular weight excluding hydrogens is 340 g/mol. The molecule has 2 heterocycles. The number of rotatable bonds is 3. The number of anilines is 2. The summed E-state index contributed by atoms with van der Waals surface area (Å²) in [6.45, 7) is 3.10. The molecule has 4 saturated carbocycles. The molecule has 1 aromatic heterocycles. The van der Waals surface area contributed by atoms with Gasteiger partial charge in [0.15, 0.2) is 0 Å². The van der Waals surface area contributed by atoms with Crippen LogP contribution in [-0.4, -0.2) is 53.0 Å². The normalized spacial score (nSPS) is 39.7. The fraction of sp³-hybridized carbons (Fsp3) is 0.778. The largest absolute Gasteiger partial charge is 0.390 e. The molecule has 4 aliphatic carbocycles. The zero-order valence-corrected chi connectivity index (χ0v) is 15.1. The lowest BCUT2D eigenvalue weighted by atomic mass is 9.52. The highest BCUT2D eigenvalue weighted by Crippen LogP contribution is 2.56. The molecule has 1 aliphatic heterocycles. The first kappa shape index (κ1) is 16.1. The van der Waals surface area contributed by atoms with Crippen molar-refractivity contribution in [3.63, 3.8) is 0 Å². The molecule has 4 bridgehead atoms. The Kier molecular flexibility index (Phi) is 3.84. The average molecular weight is 365 g/mol. The van der Waals surface area contributed by atoms with Gasteiger partial charge in [-0.3, -0.25) is 0 Å². The average Bonchev–Trinajstić information content (AvgIpc) is 2.57. The van der Waals surface area contributed by atoms with Crippen LogP contribution >= 0.6 is 11.6 Å². The van der Waals surface area contributed by atoms with Gasteiger partial charge in [0.25, 0.3) is 0 Å². The van der Waals surface area contributed by atoms with Crippen LogP contribution in [0.3, 0.4) is 0 Å². The van der Waals surface area contributed by atoms with E-state index in [0.29, 0.717) is 34.9 Å². The molecule has 1 aromatic rings. The Morgan fingerprint density at radius 2 is 1.88 bits per heavy atom. The van der Waals surface area contributed by atoms with Gasteiger partial charge < -0.3 is 20.1 Å². The summed E-state index contributed by atoms with van der Waals surface area (Å²) < 4.78 is 5.42. The topological polar surface area (TPSA) is 70.5 Å². The Bertz CT molecular complexity index is 650. The number of nitrogens with zero attached hydrogens (tertiary/aromatic N) is 3. The lowest BCUT2D eigenvalue weighted by molar-refractivity contribution is -0.129. The molecule has 0 radical (unpaired) electrons. The van der Waals surface area contributed by atoms with E-state index in [-0.39, 0.29) is 0 Å². The van der Waals surface area contributed by atoms with Gasteiger partial charge in [0.05, 0.1) is 18.8 Å². The fourth-order valence-corrected chi connectivity index (χ4v) is 5.97. The molecule has 2 atom stereocenters. The molecule has 136 valence electrons. The smallest absolute Gasteiger partial charge is 0.226 e. The maximum atomic E-state index is 10.7. The molecule has 0 amide bonds. The molecule has 6 rings (SSSR count). The van der Waals surface area contributed by atoms with Crippen molar-refractivity contribution in [3.8, 4) is 0 Å². The van der Waals surface area contributed by atoms with E-state index in [1.54, 1.807) is 0 Å². The van der Waals surface area contributed by atoms with Crippen molar-refractivity contribution < 1.29 is 9.84 Å². The Morgan fingerprint density at radius 1 is 1.16 bits per heavy atom. The monoisotopic (exact) mass is 364 g/mol. The molecule has 0 spiro atoms. The second kappa shape index (κ2) is 5.96. The molecule has 2 N–H and O–H groups in total. The van der Waals surface area contributed by atoms with Crippen LogP contribution in [0.2, 0.25) is 5.15 Å². The number of hydrogen-bond acceptors (Lipinski definition) is 6. The van der Waals surface area contributed by atoms with Gasteiger partial charge in [-0.05, 0) is 49.9 Å². The van der Waals surface area contributed by atoms with Crippen LogP contribution in [-0.2, 0) is 4.74 Å². The second-order valence-corrected chi connectivity index (χ2v) is 8.72. The van der Waals surface area contributed by atoms with Gasteiger partial charge in [0.2, 0.25) is 5.95 Å². The minimum absolute atomic E-state index is 0.354. The minimum atomic E-state index is -0.414. The van der Waals surface area contributed by atoms with E-state index in [2.05, 4.69) is 15.2 Å². The van der Waals surface area contributed by atoms with E-state index in [4.69, 9.17) is 21.3 Å². The first-order valence-corrected chi connectivity index (χ1v) is 9.82. The van der Waals surface area contributed by atoms with Gasteiger partial charge >= 0.3 is 0 Å². The van der Waals surface area contributed by atoms with Gasteiger partial charge in [-0.25, -0.2) is 4.98 Å². The Labute approximate surface area is 152 Å². The molecule has 1 saturated heterocycles. The maximum absolute atomic E-state index is 10.7. The lowest BCUT2D eigenvalue weighted by Gasteiger charge is -2.58. The Hall–Kier alpha value is -1.11. The van der Waals surface area contributed by atoms with Crippen LogP contribution < -0.4 is 10.2 Å². The summed E-state index contributed by atoms with van der Waals surface area (Å²) in [4.78, 5) is 11.3. The summed E-state index contributed by atoms with van der Waals surface area (Å²) in [5, 5.41) is 14.8. The van der Waals surface area contributed by atoms with Crippen LogP contribution in [0.25, 0.3) is 0 Å². The molecule has 7 heteroatoms. The zero-order valence-electron chi connectivity index (χ0n) is 14.3. The summed E-state index contributed by atoms with van der Waals surface area (Å²) in [6, 6.07) is 2.19. The molecular formula is C18H25ClN4O2. The van der Waals surface area contributed by atoms with Gasteiger partial charge in [-0.2, -0.15) is 4.98 Å². The van der Waals surface area contributed by atoms with E-state index in [1.807, 2.05) is 6.07 Å². The summed E-state index contributed by atoms with van der Waals surface area (Å²) in [5.41, 5.74) is -0.414. The third kappa shape index (κ3) is 2.98. The number of nitrogens with one attached hydrogen (secondary N) is 1. The SMILES string of the molecule is OC12CC3CC(C1)C(Nc1nc(Cl)cc(N4CCOCC4)n1)C(C3)C2. The number of ether oxygens (including phenoxy) is 1. The molecule has 25 heavy (non-hydrogen) atoms. The summed E-state index contributed by atoms with van der Waals surface area (Å²) >= 11 is 6.27. The van der Waals surface area contributed by atoms with Gasteiger partial charge in [0.1, 0.15) is 11.0 Å². The molecule has 0 aromatic carbocycles. The van der Waals surface area contributed by atoms with Crippen LogP contribution in [0.15, 0.2) is 6.07 Å². The van der Waals surface area contributed by atoms with Gasteiger partial charge in [-0.1, -0.05) is 11.6 Å². The number of hydrogen-bond donors (Lipinski definition) is 2. The van der Waals surface area contributed by atoms with Crippen LogP contribution in [0.5, 0.6) is 0 Å². The van der Waals surface area contributed by atoms with E-state index in [0.717, 1.165) is 51.4 Å². The highest BCUT2D eigenvalue weighted by Gasteiger charge is 2.54. The maximum Gasteiger partial charge on any atom is 0.226 e. The van der Waals surface area contributed by atoms with Crippen molar-refractivity contribution in [2.45, 2.75) is 43.7 Å². The van der Waals surface area contributed by atoms with Crippen LogP contribution in [0, 0.1) is 17.8 Å². The first-order chi connectivity index (χ1) is 12.1. The third-order valence-electron chi connectivity index (χ3n) is 6.55. The number of aliphatic hydroxyl groups is 1. The van der Waals surface area contributed by atoms with E-state index < -0.39 is 5.60 Å². The summed E-state index contributed by atoms with van der Waals surface area (Å²) in [5.74, 6) is 3.23. The molecule has 5 fully saturated rings. The summed E-state index contributed by atoms with van der Waals surface area (Å²) in [7, 11) is 0. The number of halogens is 1. The first-order valence-electron chi connectivity index (χ1n) is 9.44. The second-order valence-electron chi connectivity index (χ2n) is 8.34. The van der Waals surface area contributed by atoms with Gasteiger partial charge in [0, 0.05) is 25.2 Å². The van der Waals surface area contributed by atoms with Crippen LogP contribution in [0.4, 0.5) is 11.8 Å².